The Hall–Kier alpha value is -3.39. The zero-order valence-electron chi connectivity index (χ0n) is 12.5. The van der Waals surface area contributed by atoms with Crippen molar-refractivity contribution in [1.82, 2.24) is 14.4 Å². The van der Waals surface area contributed by atoms with Crippen molar-refractivity contribution in [2.45, 2.75) is 0 Å². The van der Waals surface area contributed by atoms with Gasteiger partial charge in [0.15, 0.2) is 11.5 Å². The molecule has 0 atom stereocenters. The number of imidazole rings is 1. The molecule has 2 heterocycles. The van der Waals surface area contributed by atoms with Crippen molar-refractivity contribution >= 4 is 22.5 Å². The van der Waals surface area contributed by atoms with Crippen LogP contribution in [-0.2, 0) is 0 Å². The summed E-state index contributed by atoms with van der Waals surface area (Å²) < 4.78 is 2.09. The Kier molecular flexibility index (Phi) is 2.95. The fourth-order valence-electron chi connectivity index (χ4n) is 2.77. The Balaban J connectivity index is 2.07. The van der Waals surface area contributed by atoms with Gasteiger partial charge in [-0.25, -0.2) is 9.97 Å². The molecular formula is C18H13N5. The van der Waals surface area contributed by atoms with Crippen LogP contribution >= 0.6 is 0 Å². The van der Waals surface area contributed by atoms with Crippen molar-refractivity contribution in [2.24, 2.45) is 0 Å². The second-order valence-electron chi connectivity index (χ2n) is 5.19. The van der Waals surface area contributed by atoms with Crippen LogP contribution in [0, 0.1) is 11.3 Å². The van der Waals surface area contributed by atoms with Gasteiger partial charge in [0.25, 0.3) is 0 Å². The van der Waals surface area contributed by atoms with Gasteiger partial charge >= 0.3 is 0 Å². The number of nitriles is 1. The average molecular weight is 299 g/mol. The summed E-state index contributed by atoms with van der Waals surface area (Å²) in [4.78, 5) is 9.15. The molecule has 0 saturated heterocycles. The van der Waals surface area contributed by atoms with Crippen LogP contribution in [0.5, 0.6) is 0 Å². The zero-order valence-corrected chi connectivity index (χ0v) is 12.5. The number of hydrogen-bond acceptors (Lipinski definition) is 4. The molecule has 110 valence electrons. The lowest BCUT2D eigenvalue weighted by molar-refractivity contribution is 1.20. The lowest BCUT2D eigenvalue weighted by atomic mass is 10.1. The predicted octanol–water partition coefficient (Wildman–Crippen LogP) is 3.46. The van der Waals surface area contributed by atoms with Gasteiger partial charge in [-0.1, -0.05) is 24.3 Å². The lowest BCUT2D eigenvalue weighted by Crippen LogP contribution is -2.00. The normalized spacial score (nSPS) is 10.8. The van der Waals surface area contributed by atoms with E-state index in [4.69, 9.17) is 5.26 Å². The zero-order chi connectivity index (χ0) is 15.8. The van der Waals surface area contributed by atoms with Crippen molar-refractivity contribution in [1.29, 1.82) is 5.26 Å². The monoisotopic (exact) mass is 299 g/mol. The first-order valence-electron chi connectivity index (χ1n) is 7.26. The summed E-state index contributed by atoms with van der Waals surface area (Å²) in [6, 6.07) is 17.6. The molecule has 23 heavy (non-hydrogen) atoms. The van der Waals surface area contributed by atoms with Gasteiger partial charge in [0, 0.05) is 12.6 Å². The molecule has 5 nitrogen and oxygen atoms in total. The Labute approximate surface area is 132 Å². The summed E-state index contributed by atoms with van der Waals surface area (Å²) >= 11 is 0. The van der Waals surface area contributed by atoms with Gasteiger partial charge in [0.05, 0.1) is 34.6 Å². The molecule has 2 aromatic carbocycles. The molecule has 2 aromatic heterocycles. The molecule has 0 amide bonds. The highest BCUT2D eigenvalue weighted by molar-refractivity contribution is 5.86. The summed E-state index contributed by atoms with van der Waals surface area (Å²) in [5.74, 6) is 0.739. The molecule has 0 aliphatic rings. The Morgan fingerprint density at radius 3 is 2.61 bits per heavy atom. The van der Waals surface area contributed by atoms with E-state index in [1.165, 1.54) is 0 Å². The Morgan fingerprint density at radius 2 is 1.87 bits per heavy atom. The summed E-state index contributed by atoms with van der Waals surface area (Å²) in [5.41, 5.74) is 5.31. The molecule has 0 fully saturated rings. The number of hydrogen-bond donors (Lipinski definition) is 1. The molecule has 5 heteroatoms. The van der Waals surface area contributed by atoms with E-state index in [0.717, 1.165) is 33.8 Å². The molecule has 4 aromatic rings. The van der Waals surface area contributed by atoms with Crippen LogP contribution in [-0.4, -0.2) is 21.4 Å². The molecule has 0 saturated carbocycles. The minimum Gasteiger partial charge on any atom is -0.370 e. The highest BCUT2D eigenvalue weighted by Gasteiger charge is 2.13. The third-order valence-corrected chi connectivity index (χ3v) is 3.88. The number of fused-ring (bicyclic) bond motifs is 3. The Morgan fingerprint density at radius 1 is 1.09 bits per heavy atom. The molecule has 1 N–H and O–H groups in total. The van der Waals surface area contributed by atoms with Crippen molar-refractivity contribution in [2.75, 3.05) is 12.4 Å². The number of rotatable bonds is 2. The minimum atomic E-state index is 0.644. The Bertz CT molecular complexity index is 1050. The van der Waals surface area contributed by atoms with E-state index < -0.39 is 0 Å². The average Bonchev–Trinajstić information content (AvgIpc) is 3.06. The number of para-hydroxylation sites is 2. The minimum absolute atomic E-state index is 0.644. The van der Waals surface area contributed by atoms with Crippen LogP contribution in [0.15, 0.2) is 54.7 Å². The quantitative estimate of drug-likeness (QED) is 0.615. The van der Waals surface area contributed by atoms with Gasteiger partial charge in [-0.15, -0.1) is 0 Å². The molecule has 0 spiro atoms. The van der Waals surface area contributed by atoms with Gasteiger partial charge in [-0.2, -0.15) is 5.26 Å². The fourth-order valence-corrected chi connectivity index (χ4v) is 2.77. The second-order valence-corrected chi connectivity index (χ2v) is 5.19. The van der Waals surface area contributed by atoms with E-state index >= 15 is 0 Å². The van der Waals surface area contributed by atoms with Crippen molar-refractivity contribution in [3.63, 3.8) is 0 Å². The van der Waals surface area contributed by atoms with E-state index in [1.807, 2.05) is 61.8 Å². The maximum Gasteiger partial charge on any atom is 0.181 e. The molecule has 4 rings (SSSR count). The van der Waals surface area contributed by atoms with E-state index in [1.54, 1.807) is 0 Å². The van der Waals surface area contributed by atoms with Crippen molar-refractivity contribution < 1.29 is 0 Å². The number of nitrogens with zero attached hydrogens (tertiary/aromatic N) is 4. The SMILES string of the molecule is CNc1nc2ccccc2n2c(-c3ccc(C#N)cc3)cnc12. The van der Waals surface area contributed by atoms with Crippen molar-refractivity contribution in [3.8, 4) is 17.3 Å². The van der Waals surface area contributed by atoms with Gasteiger partial charge in [-0.3, -0.25) is 4.40 Å². The van der Waals surface area contributed by atoms with E-state index in [0.29, 0.717) is 5.56 Å². The molecular weight excluding hydrogens is 286 g/mol. The van der Waals surface area contributed by atoms with Gasteiger partial charge < -0.3 is 5.32 Å². The molecule has 0 bridgehead atoms. The van der Waals surface area contributed by atoms with Gasteiger partial charge in [-0.05, 0) is 24.3 Å². The van der Waals surface area contributed by atoms with Crippen LogP contribution in [0.4, 0.5) is 5.82 Å². The summed E-state index contributed by atoms with van der Waals surface area (Å²) in [7, 11) is 1.84. The highest BCUT2D eigenvalue weighted by Crippen LogP contribution is 2.28. The highest BCUT2D eigenvalue weighted by atomic mass is 15.1. The van der Waals surface area contributed by atoms with Crippen LogP contribution in [0.25, 0.3) is 27.9 Å². The first kappa shape index (κ1) is 13.3. The third-order valence-electron chi connectivity index (χ3n) is 3.88. The number of benzene rings is 2. The largest absolute Gasteiger partial charge is 0.370 e. The van der Waals surface area contributed by atoms with E-state index in [9.17, 15) is 0 Å². The molecule has 0 aliphatic carbocycles. The maximum absolute atomic E-state index is 8.96. The van der Waals surface area contributed by atoms with Crippen LogP contribution < -0.4 is 5.32 Å². The lowest BCUT2D eigenvalue weighted by Gasteiger charge is -2.09. The third kappa shape index (κ3) is 2.00. The maximum atomic E-state index is 8.96. The van der Waals surface area contributed by atoms with Crippen LogP contribution in [0.1, 0.15) is 5.56 Å². The smallest absolute Gasteiger partial charge is 0.181 e. The van der Waals surface area contributed by atoms with Gasteiger partial charge in [0.2, 0.25) is 0 Å². The number of aromatic nitrogens is 3. The first-order valence-corrected chi connectivity index (χ1v) is 7.26. The summed E-state index contributed by atoms with van der Waals surface area (Å²) in [5, 5.41) is 12.1. The van der Waals surface area contributed by atoms with E-state index in [2.05, 4.69) is 25.8 Å². The standard InChI is InChI=1S/C18H13N5/c1-20-17-18-21-11-16(13-8-6-12(10-19)7-9-13)23(18)15-5-3-2-4-14(15)22-17/h2-9,11H,1H3,(H,20,22). The summed E-state index contributed by atoms with van der Waals surface area (Å²) in [6.07, 6.45) is 1.84. The number of nitrogens with one attached hydrogen (secondary N) is 1. The second kappa shape index (κ2) is 5.11. The molecule has 0 unspecified atom stereocenters. The van der Waals surface area contributed by atoms with Crippen LogP contribution in [0.3, 0.4) is 0 Å². The summed E-state index contributed by atoms with van der Waals surface area (Å²) in [6.45, 7) is 0. The van der Waals surface area contributed by atoms with E-state index in [-0.39, 0.29) is 0 Å². The predicted molar refractivity (Wildman–Crippen MR) is 90.2 cm³/mol. The number of anilines is 1. The topological polar surface area (TPSA) is 66.0 Å². The fraction of sp³-hybridized carbons (Fsp3) is 0.0556. The van der Waals surface area contributed by atoms with Gasteiger partial charge in [0.1, 0.15) is 0 Å². The van der Waals surface area contributed by atoms with Crippen LogP contribution in [0.2, 0.25) is 0 Å². The first-order chi connectivity index (χ1) is 11.3. The molecule has 0 radical (unpaired) electrons. The molecule has 0 aliphatic heterocycles. The van der Waals surface area contributed by atoms with Crippen molar-refractivity contribution in [3.05, 3.63) is 60.3 Å².